The lowest BCUT2D eigenvalue weighted by molar-refractivity contribution is -0.384. The summed E-state index contributed by atoms with van der Waals surface area (Å²) in [6, 6.07) is 30.2. The van der Waals surface area contributed by atoms with Gasteiger partial charge >= 0.3 is 0 Å². The van der Waals surface area contributed by atoms with Crippen LogP contribution in [0.25, 0.3) is 11.8 Å². The van der Waals surface area contributed by atoms with Gasteiger partial charge in [-0.2, -0.15) is 0 Å². The topological polar surface area (TPSA) is 86.7 Å². The summed E-state index contributed by atoms with van der Waals surface area (Å²) in [4.78, 5) is 30.2. The molecule has 7 rings (SSSR count). The lowest BCUT2D eigenvalue weighted by Crippen LogP contribution is -2.38. The van der Waals surface area contributed by atoms with Crippen LogP contribution in [0.15, 0.2) is 117 Å². The highest BCUT2D eigenvalue weighted by molar-refractivity contribution is 9.10. The molecule has 0 amide bonds. The quantitative estimate of drug-likeness (QED) is 0.154. The summed E-state index contributed by atoms with van der Waals surface area (Å²) in [5, 5.41) is 10.9. The number of thiazole rings is 1. The van der Waals surface area contributed by atoms with Gasteiger partial charge < -0.3 is 4.74 Å². The number of allylic oxidation sites excluding steroid dienone is 1. The van der Waals surface area contributed by atoms with Crippen molar-refractivity contribution in [3.8, 4) is 5.75 Å². The largest absolute Gasteiger partial charge is 0.489 e. The van der Waals surface area contributed by atoms with E-state index in [-0.39, 0.29) is 17.3 Å². The van der Waals surface area contributed by atoms with E-state index in [0.717, 1.165) is 45.3 Å². The Labute approximate surface area is 259 Å². The zero-order valence-corrected chi connectivity index (χ0v) is 25.2. The van der Waals surface area contributed by atoms with Crippen molar-refractivity contribution in [1.82, 2.24) is 4.57 Å². The van der Waals surface area contributed by atoms with Gasteiger partial charge in [0.05, 0.1) is 21.2 Å². The summed E-state index contributed by atoms with van der Waals surface area (Å²) in [5.74, 6) is 0.665. The Morgan fingerprint density at radius 2 is 1.72 bits per heavy atom. The molecule has 0 bridgehead atoms. The fourth-order valence-electron chi connectivity index (χ4n) is 5.66. The average molecular weight is 651 g/mol. The fraction of sp³-hybridized carbons (Fsp3) is 0.118. The van der Waals surface area contributed by atoms with Crippen molar-refractivity contribution in [1.29, 1.82) is 0 Å². The first-order valence-electron chi connectivity index (χ1n) is 13.8. The predicted molar refractivity (Wildman–Crippen MR) is 171 cm³/mol. The van der Waals surface area contributed by atoms with Crippen molar-refractivity contribution in [2.45, 2.75) is 25.5 Å². The monoisotopic (exact) mass is 649 g/mol. The van der Waals surface area contributed by atoms with Crippen LogP contribution in [0.5, 0.6) is 5.75 Å². The SMILES string of the molecule is O=c1/c(=C/c2ccc(OCc3ccc([N+](=O)[O-])cc3)cc2)sc2n1[C@H](c1ccc(Br)cc1)C1=C(N=2)c2ccccc2CC1. The molecule has 0 radical (unpaired) electrons. The van der Waals surface area contributed by atoms with Gasteiger partial charge in [0.1, 0.15) is 12.4 Å². The molecular formula is C34H24BrN3O4S. The molecular weight excluding hydrogens is 626 g/mol. The molecule has 4 aromatic carbocycles. The molecule has 212 valence electrons. The normalized spacial score (nSPS) is 15.7. The minimum Gasteiger partial charge on any atom is -0.489 e. The molecule has 1 aromatic heterocycles. The number of ether oxygens (including phenoxy) is 1. The van der Waals surface area contributed by atoms with E-state index in [1.165, 1.54) is 34.6 Å². The van der Waals surface area contributed by atoms with Gasteiger partial charge in [-0.05, 0) is 83.1 Å². The van der Waals surface area contributed by atoms with Crippen molar-refractivity contribution >= 4 is 44.7 Å². The number of nitro groups is 1. The van der Waals surface area contributed by atoms with Gasteiger partial charge in [0.25, 0.3) is 11.2 Å². The van der Waals surface area contributed by atoms with E-state index < -0.39 is 4.92 Å². The molecule has 0 unspecified atom stereocenters. The minimum atomic E-state index is -0.422. The predicted octanol–water partition coefficient (Wildman–Crippen LogP) is 6.57. The summed E-state index contributed by atoms with van der Waals surface area (Å²) < 4.78 is 9.34. The number of hydrogen-bond donors (Lipinski definition) is 0. The van der Waals surface area contributed by atoms with Crippen molar-refractivity contribution < 1.29 is 9.66 Å². The number of non-ortho nitro benzene ring substituents is 1. The van der Waals surface area contributed by atoms with Gasteiger partial charge in [-0.3, -0.25) is 19.5 Å². The van der Waals surface area contributed by atoms with Gasteiger partial charge in [0.15, 0.2) is 4.80 Å². The molecule has 0 N–H and O–H groups in total. The number of nitro benzene ring substituents is 1. The number of fused-ring (bicyclic) bond motifs is 3. The van der Waals surface area contributed by atoms with E-state index in [4.69, 9.17) is 9.73 Å². The lowest BCUT2D eigenvalue weighted by atomic mass is 9.83. The first-order valence-corrected chi connectivity index (χ1v) is 15.4. The second-order valence-corrected chi connectivity index (χ2v) is 12.4. The number of rotatable bonds is 6. The second kappa shape index (κ2) is 11.2. The third-order valence-electron chi connectivity index (χ3n) is 7.79. The van der Waals surface area contributed by atoms with Crippen LogP contribution in [0.3, 0.4) is 0 Å². The Morgan fingerprint density at radius 3 is 2.47 bits per heavy atom. The number of halogens is 1. The van der Waals surface area contributed by atoms with Gasteiger partial charge in [-0.25, -0.2) is 4.99 Å². The lowest BCUT2D eigenvalue weighted by Gasteiger charge is -2.30. The van der Waals surface area contributed by atoms with Crippen LogP contribution >= 0.6 is 27.3 Å². The molecule has 0 saturated heterocycles. The number of aromatic nitrogens is 1. The van der Waals surface area contributed by atoms with Crippen molar-refractivity contribution in [3.63, 3.8) is 0 Å². The molecule has 5 aromatic rings. The van der Waals surface area contributed by atoms with Crippen molar-refractivity contribution in [2.24, 2.45) is 4.99 Å². The Balaban J connectivity index is 1.22. The molecule has 1 aliphatic heterocycles. The maximum atomic E-state index is 14.0. The number of hydrogen-bond acceptors (Lipinski definition) is 6. The molecule has 0 saturated carbocycles. The summed E-state index contributed by atoms with van der Waals surface area (Å²) in [6.45, 7) is 0.291. The smallest absolute Gasteiger partial charge is 0.271 e. The van der Waals surface area contributed by atoms with Gasteiger partial charge in [-0.15, -0.1) is 0 Å². The molecule has 43 heavy (non-hydrogen) atoms. The molecule has 0 spiro atoms. The Morgan fingerprint density at radius 1 is 0.977 bits per heavy atom. The Bertz CT molecular complexity index is 2080. The number of aryl methyl sites for hydroxylation is 1. The Kier molecular flexibility index (Phi) is 7.12. The fourth-order valence-corrected chi connectivity index (χ4v) is 6.92. The first kappa shape index (κ1) is 27.2. The maximum Gasteiger partial charge on any atom is 0.271 e. The molecule has 1 aliphatic carbocycles. The Hall–Kier alpha value is -4.60. The number of nitrogens with zero attached hydrogens (tertiary/aromatic N) is 3. The van der Waals surface area contributed by atoms with Crippen molar-refractivity contribution in [2.75, 3.05) is 0 Å². The van der Waals surface area contributed by atoms with E-state index in [0.29, 0.717) is 21.7 Å². The summed E-state index contributed by atoms with van der Waals surface area (Å²) in [7, 11) is 0. The molecule has 1 atom stereocenters. The van der Waals surface area contributed by atoms with Crippen molar-refractivity contribution in [3.05, 3.63) is 165 Å². The van der Waals surface area contributed by atoms with Crippen LogP contribution in [-0.2, 0) is 13.0 Å². The summed E-state index contributed by atoms with van der Waals surface area (Å²) in [6.07, 6.45) is 3.67. The molecule has 2 aliphatic rings. The van der Waals surface area contributed by atoms with Gasteiger partial charge in [0.2, 0.25) is 0 Å². The highest BCUT2D eigenvalue weighted by atomic mass is 79.9. The van der Waals surface area contributed by atoms with Crippen LogP contribution < -0.4 is 19.6 Å². The third-order valence-corrected chi connectivity index (χ3v) is 9.30. The van der Waals surface area contributed by atoms with E-state index in [9.17, 15) is 14.9 Å². The van der Waals surface area contributed by atoms with Crippen LogP contribution in [0.2, 0.25) is 0 Å². The third kappa shape index (κ3) is 5.26. The zero-order valence-electron chi connectivity index (χ0n) is 22.8. The standard InChI is InChI=1S/C34H24BrN3O4S/c35-25-12-9-24(10-13-25)32-29-18-11-23-3-1-2-4-28(23)31(29)36-34-37(32)33(39)30(43-34)19-21-7-16-27(17-8-21)42-20-22-5-14-26(15-6-22)38(40)41/h1-10,12-17,19,32H,11,18,20H2/b30-19-/t32-/m1/s1. The van der Waals surface area contributed by atoms with E-state index >= 15 is 0 Å². The average Bonchev–Trinajstić information content (AvgIpc) is 3.34. The van der Waals surface area contributed by atoms with Crippen LogP contribution in [-0.4, -0.2) is 9.49 Å². The first-order chi connectivity index (χ1) is 20.9. The van der Waals surface area contributed by atoms with Gasteiger partial charge in [0, 0.05) is 22.2 Å². The van der Waals surface area contributed by atoms with Crippen LogP contribution in [0.1, 0.15) is 40.3 Å². The minimum absolute atomic E-state index is 0.0477. The van der Waals surface area contributed by atoms with E-state index in [1.807, 2.05) is 53.1 Å². The molecule has 0 fully saturated rings. The summed E-state index contributed by atoms with van der Waals surface area (Å²) >= 11 is 4.96. The highest BCUT2D eigenvalue weighted by Gasteiger charge is 2.32. The molecule has 7 nitrogen and oxygen atoms in total. The van der Waals surface area contributed by atoms with Gasteiger partial charge in [-0.1, -0.05) is 75.8 Å². The second-order valence-electron chi connectivity index (χ2n) is 10.4. The van der Waals surface area contributed by atoms with Crippen LogP contribution in [0, 0.1) is 10.1 Å². The molecule has 9 heteroatoms. The highest BCUT2D eigenvalue weighted by Crippen LogP contribution is 2.41. The zero-order chi connectivity index (χ0) is 29.5. The summed E-state index contributed by atoms with van der Waals surface area (Å²) in [5.41, 5.74) is 7.36. The maximum absolute atomic E-state index is 14.0. The molecule has 2 heterocycles. The van der Waals surface area contributed by atoms with Crippen LogP contribution in [0.4, 0.5) is 5.69 Å². The number of benzene rings is 4. The van der Waals surface area contributed by atoms with E-state index in [1.54, 1.807) is 12.1 Å². The van der Waals surface area contributed by atoms with E-state index in [2.05, 4.69) is 46.3 Å².